The standard InChI is InChI=1S/C12H20BrN3O2S2/c1-4-14-12-11(7-10(13)8-15-12)20(17,18)16-6-5-9(2)19-3/h7-9,16H,4-6H2,1-3H3,(H,14,15). The van der Waals surface area contributed by atoms with Crippen LogP contribution in [0.1, 0.15) is 20.3 Å². The van der Waals surface area contributed by atoms with E-state index in [1.807, 2.05) is 13.2 Å². The average molecular weight is 382 g/mol. The largest absolute Gasteiger partial charge is 0.369 e. The first-order valence-corrected chi connectivity index (χ1v) is 9.89. The molecule has 1 heterocycles. The lowest BCUT2D eigenvalue weighted by Gasteiger charge is -2.13. The predicted molar refractivity (Wildman–Crippen MR) is 88.9 cm³/mol. The second-order valence-electron chi connectivity index (χ2n) is 4.26. The van der Waals surface area contributed by atoms with Crippen LogP contribution in [0.3, 0.4) is 0 Å². The Labute approximate surface area is 133 Å². The Morgan fingerprint density at radius 2 is 2.20 bits per heavy atom. The predicted octanol–water partition coefficient (Wildman–Crippen LogP) is 2.70. The van der Waals surface area contributed by atoms with Gasteiger partial charge >= 0.3 is 0 Å². The van der Waals surface area contributed by atoms with E-state index in [1.165, 1.54) is 0 Å². The van der Waals surface area contributed by atoms with Gasteiger partial charge in [0, 0.05) is 29.0 Å². The SMILES string of the molecule is CCNc1ncc(Br)cc1S(=O)(=O)NCCC(C)SC. The van der Waals surface area contributed by atoms with Crippen LogP contribution in [0.25, 0.3) is 0 Å². The number of pyridine rings is 1. The lowest BCUT2D eigenvalue weighted by atomic mass is 10.3. The summed E-state index contributed by atoms with van der Waals surface area (Å²) in [5, 5.41) is 3.39. The van der Waals surface area contributed by atoms with Crippen LogP contribution in [0.2, 0.25) is 0 Å². The van der Waals surface area contributed by atoms with E-state index in [1.54, 1.807) is 24.0 Å². The van der Waals surface area contributed by atoms with E-state index >= 15 is 0 Å². The molecule has 0 aliphatic heterocycles. The Hall–Kier alpha value is -0.310. The van der Waals surface area contributed by atoms with Crippen molar-refractivity contribution in [2.45, 2.75) is 30.4 Å². The molecule has 0 spiro atoms. The lowest BCUT2D eigenvalue weighted by molar-refractivity contribution is 0.579. The summed E-state index contributed by atoms with van der Waals surface area (Å²) >= 11 is 4.97. The molecule has 1 unspecified atom stereocenters. The Balaban J connectivity index is 2.88. The molecule has 2 N–H and O–H groups in total. The number of nitrogens with zero attached hydrogens (tertiary/aromatic N) is 1. The normalized spacial score (nSPS) is 13.2. The number of hydrogen-bond donors (Lipinski definition) is 2. The minimum Gasteiger partial charge on any atom is -0.369 e. The first kappa shape index (κ1) is 17.7. The third-order valence-corrected chi connectivity index (χ3v) is 5.65. The van der Waals surface area contributed by atoms with Gasteiger partial charge in [0.1, 0.15) is 10.7 Å². The van der Waals surface area contributed by atoms with E-state index in [9.17, 15) is 8.42 Å². The fourth-order valence-electron chi connectivity index (χ4n) is 1.52. The third-order valence-electron chi connectivity index (χ3n) is 2.70. The third kappa shape index (κ3) is 5.23. The Morgan fingerprint density at radius 1 is 1.50 bits per heavy atom. The highest BCUT2D eigenvalue weighted by Gasteiger charge is 2.19. The van der Waals surface area contributed by atoms with Crippen molar-refractivity contribution in [1.82, 2.24) is 9.71 Å². The molecule has 0 saturated heterocycles. The maximum absolute atomic E-state index is 12.3. The summed E-state index contributed by atoms with van der Waals surface area (Å²) in [4.78, 5) is 4.28. The number of sulfonamides is 1. The van der Waals surface area contributed by atoms with Gasteiger partial charge in [0.25, 0.3) is 0 Å². The van der Waals surface area contributed by atoms with E-state index in [-0.39, 0.29) is 4.90 Å². The molecule has 0 aromatic carbocycles. The van der Waals surface area contributed by atoms with Crippen molar-refractivity contribution in [1.29, 1.82) is 0 Å². The first-order chi connectivity index (χ1) is 9.40. The molecular formula is C12H20BrN3O2S2. The van der Waals surface area contributed by atoms with Gasteiger partial charge in [0.05, 0.1) is 0 Å². The summed E-state index contributed by atoms with van der Waals surface area (Å²) in [6.45, 7) is 5.00. The Morgan fingerprint density at radius 3 is 2.80 bits per heavy atom. The van der Waals surface area contributed by atoms with Gasteiger partial charge in [-0.05, 0) is 41.6 Å². The van der Waals surface area contributed by atoms with Crippen molar-refractivity contribution >= 4 is 43.5 Å². The number of aromatic nitrogens is 1. The van der Waals surface area contributed by atoms with Gasteiger partial charge in [-0.3, -0.25) is 0 Å². The second-order valence-corrected chi connectivity index (χ2v) is 8.19. The highest BCUT2D eigenvalue weighted by Crippen LogP contribution is 2.22. The number of anilines is 1. The molecule has 1 aromatic rings. The maximum Gasteiger partial charge on any atom is 0.244 e. The molecule has 8 heteroatoms. The van der Waals surface area contributed by atoms with E-state index < -0.39 is 10.0 Å². The van der Waals surface area contributed by atoms with Crippen LogP contribution >= 0.6 is 27.7 Å². The molecule has 0 aliphatic rings. The summed E-state index contributed by atoms with van der Waals surface area (Å²) in [5.74, 6) is 0.376. The number of thioether (sulfide) groups is 1. The van der Waals surface area contributed by atoms with Crippen molar-refractivity contribution < 1.29 is 8.42 Å². The number of nitrogens with one attached hydrogen (secondary N) is 2. The van der Waals surface area contributed by atoms with Gasteiger partial charge in [-0.15, -0.1) is 0 Å². The quantitative estimate of drug-likeness (QED) is 0.724. The zero-order chi connectivity index (χ0) is 15.2. The topological polar surface area (TPSA) is 71.1 Å². The summed E-state index contributed by atoms with van der Waals surface area (Å²) in [5.41, 5.74) is 0. The minimum atomic E-state index is -3.55. The first-order valence-electron chi connectivity index (χ1n) is 6.32. The minimum absolute atomic E-state index is 0.172. The van der Waals surface area contributed by atoms with Gasteiger partial charge in [0.2, 0.25) is 10.0 Å². The van der Waals surface area contributed by atoms with E-state index in [4.69, 9.17) is 0 Å². The highest BCUT2D eigenvalue weighted by atomic mass is 79.9. The van der Waals surface area contributed by atoms with Crippen LogP contribution < -0.4 is 10.0 Å². The average Bonchev–Trinajstić information content (AvgIpc) is 2.40. The van der Waals surface area contributed by atoms with Crippen molar-refractivity contribution in [3.63, 3.8) is 0 Å². The molecule has 20 heavy (non-hydrogen) atoms. The van der Waals surface area contributed by atoms with Crippen molar-refractivity contribution in [2.24, 2.45) is 0 Å². The van der Waals surface area contributed by atoms with Crippen LogP contribution in [0.5, 0.6) is 0 Å². The molecule has 1 aromatic heterocycles. The van der Waals surface area contributed by atoms with Crippen LogP contribution in [-0.2, 0) is 10.0 Å². The Kier molecular flexibility index (Phi) is 7.28. The molecule has 1 rings (SSSR count). The molecule has 0 saturated carbocycles. The molecule has 0 bridgehead atoms. The van der Waals surface area contributed by atoms with Gasteiger partial charge in [-0.2, -0.15) is 11.8 Å². The zero-order valence-corrected chi connectivity index (χ0v) is 15.0. The van der Waals surface area contributed by atoms with Crippen molar-refractivity contribution in [3.05, 3.63) is 16.7 Å². The van der Waals surface area contributed by atoms with Crippen LogP contribution in [-0.4, -0.2) is 38.0 Å². The molecule has 114 valence electrons. The summed E-state index contributed by atoms with van der Waals surface area (Å²) in [6, 6.07) is 1.56. The lowest BCUT2D eigenvalue weighted by Crippen LogP contribution is -2.27. The van der Waals surface area contributed by atoms with Crippen LogP contribution in [0.15, 0.2) is 21.6 Å². The van der Waals surface area contributed by atoms with Crippen LogP contribution in [0, 0.1) is 0 Å². The van der Waals surface area contributed by atoms with E-state index in [2.05, 4.69) is 37.9 Å². The molecule has 0 aliphatic carbocycles. The maximum atomic E-state index is 12.3. The second kappa shape index (κ2) is 8.21. The molecule has 1 atom stereocenters. The molecule has 0 fully saturated rings. The van der Waals surface area contributed by atoms with Gasteiger partial charge in [-0.1, -0.05) is 6.92 Å². The van der Waals surface area contributed by atoms with Gasteiger partial charge in [-0.25, -0.2) is 18.1 Å². The highest BCUT2D eigenvalue weighted by molar-refractivity contribution is 9.10. The molecular weight excluding hydrogens is 362 g/mol. The van der Waals surface area contributed by atoms with Gasteiger partial charge in [0.15, 0.2) is 0 Å². The number of rotatable bonds is 8. The Bertz CT molecular complexity index is 538. The zero-order valence-electron chi connectivity index (χ0n) is 11.8. The fourth-order valence-corrected chi connectivity index (χ4v) is 3.56. The van der Waals surface area contributed by atoms with Crippen molar-refractivity contribution in [3.8, 4) is 0 Å². The monoisotopic (exact) mass is 381 g/mol. The number of hydrogen-bond acceptors (Lipinski definition) is 5. The molecule has 5 nitrogen and oxygen atoms in total. The van der Waals surface area contributed by atoms with Crippen molar-refractivity contribution in [2.75, 3.05) is 24.7 Å². The molecule has 0 radical (unpaired) electrons. The number of halogens is 1. The van der Waals surface area contributed by atoms with Crippen LogP contribution in [0.4, 0.5) is 5.82 Å². The molecule has 0 amide bonds. The fraction of sp³-hybridized carbons (Fsp3) is 0.583. The smallest absolute Gasteiger partial charge is 0.244 e. The van der Waals surface area contributed by atoms with E-state index in [0.717, 1.165) is 6.42 Å². The summed E-state index contributed by atoms with van der Waals surface area (Å²) in [6.07, 6.45) is 4.38. The van der Waals surface area contributed by atoms with Gasteiger partial charge < -0.3 is 5.32 Å². The van der Waals surface area contributed by atoms with E-state index in [0.29, 0.717) is 28.6 Å². The summed E-state index contributed by atoms with van der Waals surface area (Å²) < 4.78 is 27.9. The summed E-state index contributed by atoms with van der Waals surface area (Å²) in [7, 11) is -3.55.